The second-order valence-electron chi connectivity index (χ2n) is 5.41. The van der Waals surface area contributed by atoms with Crippen molar-refractivity contribution in [1.29, 1.82) is 0 Å². The fourth-order valence-corrected chi connectivity index (χ4v) is 3.20. The molecule has 6 heteroatoms. The number of ether oxygens (including phenoxy) is 1. The first-order chi connectivity index (χ1) is 12.6. The number of amides is 1. The Hall–Kier alpha value is -3.04. The van der Waals surface area contributed by atoms with Crippen LogP contribution >= 0.6 is 11.8 Å². The highest BCUT2D eigenvalue weighted by atomic mass is 32.2. The molecule has 1 saturated heterocycles. The summed E-state index contributed by atoms with van der Waals surface area (Å²) < 4.78 is 18.3. The molecule has 1 aliphatic rings. The Morgan fingerprint density at radius 1 is 1.23 bits per heavy atom. The average Bonchev–Trinajstić information content (AvgIpc) is 2.91. The molecule has 0 N–H and O–H groups in total. The van der Waals surface area contributed by atoms with Crippen LogP contribution in [0.15, 0.2) is 58.4 Å². The molecule has 0 bridgehead atoms. The SMILES string of the molecule is C#CCOc1ccc(/C=C2/SC(=Nc3ccc(F)cc3)N(C)C2=O)cc1. The molecule has 2 aromatic carbocycles. The van der Waals surface area contributed by atoms with Crippen molar-refractivity contribution < 1.29 is 13.9 Å². The molecule has 0 radical (unpaired) electrons. The van der Waals surface area contributed by atoms with Crippen LogP contribution in [0.3, 0.4) is 0 Å². The van der Waals surface area contributed by atoms with Gasteiger partial charge in [0.25, 0.3) is 5.91 Å². The van der Waals surface area contributed by atoms with Crippen molar-refractivity contribution in [1.82, 2.24) is 4.90 Å². The molecule has 1 fully saturated rings. The van der Waals surface area contributed by atoms with Gasteiger partial charge in [-0.25, -0.2) is 9.38 Å². The topological polar surface area (TPSA) is 41.9 Å². The van der Waals surface area contributed by atoms with Crippen molar-refractivity contribution in [2.75, 3.05) is 13.7 Å². The average molecular weight is 366 g/mol. The Balaban J connectivity index is 1.78. The Bertz CT molecular complexity index is 912. The van der Waals surface area contributed by atoms with Crippen LogP contribution in [0, 0.1) is 18.2 Å². The lowest BCUT2D eigenvalue weighted by molar-refractivity contribution is -0.121. The van der Waals surface area contributed by atoms with Crippen molar-refractivity contribution in [3.05, 3.63) is 64.8 Å². The molecule has 0 aliphatic carbocycles. The number of carbonyl (C=O) groups is 1. The third-order valence-electron chi connectivity index (χ3n) is 3.55. The molecule has 1 aliphatic heterocycles. The van der Waals surface area contributed by atoms with E-state index in [1.165, 1.54) is 28.8 Å². The van der Waals surface area contributed by atoms with Gasteiger partial charge in [-0.3, -0.25) is 9.69 Å². The summed E-state index contributed by atoms with van der Waals surface area (Å²) in [5.41, 5.74) is 1.45. The number of amidine groups is 1. The number of aliphatic imine (C=N–C) groups is 1. The fraction of sp³-hybridized carbons (Fsp3) is 0.100. The zero-order valence-electron chi connectivity index (χ0n) is 14.0. The van der Waals surface area contributed by atoms with E-state index in [0.29, 0.717) is 21.5 Å². The van der Waals surface area contributed by atoms with Crippen molar-refractivity contribution in [2.24, 2.45) is 4.99 Å². The molecule has 0 saturated carbocycles. The number of hydrogen-bond donors (Lipinski definition) is 0. The predicted molar refractivity (Wildman–Crippen MR) is 103 cm³/mol. The summed E-state index contributed by atoms with van der Waals surface area (Å²) in [7, 11) is 1.66. The second-order valence-corrected chi connectivity index (χ2v) is 6.42. The van der Waals surface area contributed by atoms with Gasteiger partial charge in [0.15, 0.2) is 5.17 Å². The summed E-state index contributed by atoms with van der Waals surface area (Å²) in [5.74, 6) is 2.62. The van der Waals surface area contributed by atoms with Crippen molar-refractivity contribution in [3.8, 4) is 18.1 Å². The van der Waals surface area contributed by atoms with Gasteiger partial charge in [0.05, 0.1) is 10.6 Å². The number of terminal acetylenes is 1. The lowest BCUT2D eigenvalue weighted by Crippen LogP contribution is -2.23. The molecule has 4 nitrogen and oxygen atoms in total. The third kappa shape index (κ3) is 4.13. The van der Waals surface area contributed by atoms with Crippen LogP contribution in [0.2, 0.25) is 0 Å². The van der Waals surface area contributed by atoms with Gasteiger partial charge in [0.1, 0.15) is 18.2 Å². The fourth-order valence-electron chi connectivity index (χ4n) is 2.21. The number of likely N-dealkylation sites (N-methyl/N-ethyl adjacent to an activating group) is 1. The first-order valence-electron chi connectivity index (χ1n) is 7.75. The van der Waals surface area contributed by atoms with E-state index in [2.05, 4.69) is 10.9 Å². The first kappa shape index (κ1) is 17.8. The first-order valence-corrected chi connectivity index (χ1v) is 8.56. The van der Waals surface area contributed by atoms with Gasteiger partial charge >= 0.3 is 0 Å². The molecule has 130 valence electrons. The summed E-state index contributed by atoms with van der Waals surface area (Å²) in [4.78, 5) is 18.9. The van der Waals surface area contributed by atoms with Gasteiger partial charge in [-0.15, -0.1) is 6.42 Å². The molecule has 3 rings (SSSR count). The van der Waals surface area contributed by atoms with Crippen LogP contribution in [-0.2, 0) is 4.79 Å². The largest absolute Gasteiger partial charge is 0.481 e. The van der Waals surface area contributed by atoms with E-state index in [-0.39, 0.29) is 18.3 Å². The normalized spacial score (nSPS) is 17.0. The predicted octanol–water partition coefficient (Wildman–Crippen LogP) is 4.07. The molecular formula is C20H15FN2O2S. The van der Waals surface area contributed by atoms with Crippen molar-refractivity contribution in [3.63, 3.8) is 0 Å². The Morgan fingerprint density at radius 3 is 2.58 bits per heavy atom. The van der Waals surface area contributed by atoms with Crippen LogP contribution in [-0.4, -0.2) is 29.6 Å². The van der Waals surface area contributed by atoms with E-state index < -0.39 is 0 Å². The van der Waals surface area contributed by atoms with E-state index in [9.17, 15) is 9.18 Å². The van der Waals surface area contributed by atoms with Gasteiger partial charge in [-0.2, -0.15) is 0 Å². The smallest absolute Gasteiger partial charge is 0.266 e. The highest BCUT2D eigenvalue weighted by Gasteiger charge is 2.30. The molecule has 0 spiro atoms. The second kappa shape index (κ2) is 7.89. The molecule has 0 unspecified atom stereocenters. The molecule has 2 aromatic rings. The Kier molecular flexibility index (Phi) is 5.40. The summed E-state index contributed by atoms with van der Waals surface area (Å²) in [5, 5.41) is 0.543. The quantitative estimate of drug-likeness (QED) is 0.605. The Labute approximate surface area is 155 Å². The maximum Gasteiger partial charge on any atom is 0.266 e. The maximum atomic E-state index is 13.0. The monoisotopic (exact) mass is 366 g/mol. The molecule has 0 atom stereocenters. The number of nitrogens with zero attached hydrogens (tertiary/aromatic N) is 2. The van der Waals surface area contributed by atoms with E-state index in [1.807, 2.05) is 12.1 Å². The van der Waals surface area contributed by atoms with Gasteiger partial charge in [-0.05, 0) is 59.8 Å². The Morgan fingerprint density at radius 2 is 1.92 bits per heavy atom. The van der Waals surface area contributed by atoms with Crippen molar-refractivity contribution in [2.45, 2.75) is 0 Å². The standard InChI is InChI=1S/C20H15FN2O2S/c1-3-12-25-17-10-4-14(5-11-17)13-18-19(24)23(2)20(26-18)22-16-8-6-15(21)7-9-16/h1,4-11,13H,12H2,2H3/b18-13+,22-20?. The van der Waals surface area contributed by atoms with Crippen LogP contribution in [0.5, 0.6) is 5.75 Å². The van der Waals surface area contributed by atoms with E-state index in [1.54, 1.807) is 37.4 Å². The zero-order valence-corrected chi connectivity index (χ0v) is 14.8. The number of carbonyl (C=O) groups excluding carboxylic acids is 1. The molecule has 26 heavy (non-hydrogen) atoms. The summed E-state index contributed by atoms with van der Waals surface area (Å²) >= 11 is 1.27. The minimum absolute atomic E-state index is 0.136. The number of hydrogen-bond acceptors (Lipinski definition) is 4. The molecule has 1 amide bonds. The van der Waals surface area contributed by atoms with E-state index >= 15 is 0 Å². The van der Waals surface area contributed by atoms with Crippen LogP contribution in [0.25, 0.3) is 6.08 Å². The number of thioether (sulfide) groups is 1. The van der Waals surface area contributed by atoms with Crippen LogP contribution < -0.4 is 4.74 Å². The summed E-state index contributed by atoms with van der Waals surface area (Å²) in [6.07, 6.45) is 6.95. The molecule has 0 aromatic heterocycles. The molecular weight excluding hydrogens is 351 g/mol. The summed E-state index contributed by atoms with van der Waals surface area (Å²) in [6.45, 7) is 0.211. The number of halogens is 1. The highest BCUT2D eigenvalue weighted by molar-refractivity contribution is 8.18. The van der Waals surface area contributed by atoms with Gasteiger partial charge < -0.3 is 4.74 Å². The number of benzene rings is 2. The highest BCUT2D eigenvalue weighted by Crippen LogP contribution is 2.33. The van der Waals surface area contributed by atoms with Crippen LogP contribution in [0.1, 0.15) is 5.56 Å². The minimum Gasteiger partial charge on any atom is -0.481 e. The van der Waals surface area contributed by atoms with Crippen molar-refractivity contribution >= 4 is 34.6 Å². The van der Waals surface area contributed by atoms with Gasteiger partial charge in [0, 0.05) is 7.05 Å². The van der Waals surface area contributed by atoms with Gasteiger partial charge in [-0.1, -0.05) is 18.1 Å². The van der Waals surface area contributed by atoms with Gasteiger partial charge in [0.2, 0.25) is 0 Å². The molecule has 1 heterocycles. The van der Waals surface area contributed by atoms with E-state index in [4.69, 9.17) is 11.2 Å². The third-order valence-corrected chi connectivity index (χ3v) is 4.62. The zero-order chi connectivity index (χ0) is 18.5. The number of rotatable bonds is 4. The lowest BCUT2D eigenvalue weighted by Gasteiger charge is -2.07. The summed E-state index contributed by atoms with van der Waals surface area (Å²) in [6, 6.07) is 13.1. The van der Waals surface area contributed by atoms with E-state index in [0.717, 1.165) is 5.56 Å². The minimum atomic E-state index is -0.326. The maximum absolute atomic E-state index is 13.0. The van der Waals surface area contributed by atoms with Crippen LogP contribution in [0.4, 0.5) is 10.1 Å². The lowest BCUT2D eigenvalue weighted by atomic mass is 10.2.